The summed E-state index contributed by atoms with van der Waals surface area (Å²) in [6.45, 7) is 0. The third kappa shape index (κ3) is 3.83. The van der Waals surface area contributed by atoms with Crippen molar-refractivity contribution < 1.29 is 12.8 Å². The van der Waals surface area contributed by atoms with Crippen LogP contribution in [0.25, 0.3) is 17.1 Å². The van der Waals surface area contributed by atoms with E-state index < -0.39 is 15.7 Å². The molecule has 0 radical (unpaired) electrons. The zero-order chi connectivity index (χ0) is 17.2. The van der Waals surface area contributed by atoms with Crippen LogP contribution in [0.2, 0.25) is 0 Å². The van der Waals surface area contributed by atoms with E-state index in [1.165, 1.54) is 23.1 Å². The minimum absolute atomic E-state index is 0.0587. The molecule has 124 valence electrons. The van der Waals surface area contributed by atoms with E-state index in [1.54, 1.807) is 36.7 Å². The summed E-state index contributed by atoms with van der Waals surface area (Å²) in [5, 5.41) is 4.41. The lowest BCUT2D eigenvalue weighted by Crippen LogP contribution is -2.11. The molecule has 0 bridgehead atoms. The maximum Gasteiger partial charge on any atom is 0.181 e. The van der Waals surface area contributed by atoms with Crippen LogP contribution in [0.15, 0.2) is 48.8 Å². The largest absolute Gasteiger partial charge is 0.265 e. The zero-order valence-corrected chi connectivity index (χ0v) is 13.7. The van der Waals surface area contributed by atoms with E-state index in [2.05, 4.69) is 15.1 Å². The Labute approximate surface area is 138 Å². The first-order valence-electron chi connectivity index (χ1n) is 7.22. The van der Waals surface area contributed by atoms with Gasteiger partial charge in [-0.2, -0.15) is 0 Å². The highest BCUT2D eigenvalue weighted by Crippen LogP contribution is 2.19. The average Bonchev–Trinajstić information content (AvgIpc) is 2.97. The number of aryl methyl sites for hydroxylation is 1. The van der Waals surface area contributed by atoms with E-state index in [9.17, 15) is 12.8 Å². The van der Waals surface area contributed by atoms with Crippen LogP contribution in [0, 0.1) is 5.82 Å². The molecule has 3 aromatic rings. The van der Waals surface area contributed by atoms with Gasteiger partial charge in [-0.15, -0.1) is 5.10 Å². The Morgan fingerprint density at radius 3 is 2.58 bits per heavy atom. The number of aromatic nitrogens is 4. The Kier molecular flexibility index (Phi) is 4.39. The standard InChI is InChI=1S/C16H15FN4O2S/c1-24(22,23)10-7-15-19-16(12-5-8-18-9-6-12)20-21(15)14-4-2-3-13(17)11-14/h2-6,8-9,11H,7,10H2,1H3. The minimum atomic E-state index is -3.15. The van der Waals surface area contributed by atoms with Gasteiger partial charge < -0.3 is 0 Å². The number of hydrogen-bond acceptors (Lipinski definition) is 5. The molecule has 0 aliphatic carbocycles. The third-order valence-corrected chi connectivity index (χ3v) is 4.31. The van der Waals surface area contributed by atoms with E-state index in [4.69, 9.17) is 0 Å². The molecule has 24 heavy (non-hydrogen) atoms. The van der Waals surface area contributed by atoms with Crippen molar-refractivity contribution in [3.8, 4) is 17.1 Å². The molecule has 0 amide bonds. The van der Waals surface area contributed by atoms with Crippen LogP contribution in [0.1, 0.15) is 5.82 Å². The maximum absolute atomic E-state index is 13.5. The molecule has 0 N–H and O–H groups in total. The fourth-order valence-corrected chi connectivity index (χ4v) is 2.77. The van der Waals surface area contributed by atoms with Crippen LogP contribution in [0.5, 0.6) is 0 Å². The van der Waals surface area contributed by atoms with E-state index in [-0.39, 0.29) is 12.2 Å². The number of hydrogen-bond donors (Lipinski definition) is 0. The van der Waals surface area contributed by atoms with Gasteiger partial charge in [-0.25, -0.2) is 22.5 Å². The Morgan fingerprint density at radius 2 is 1.92 bits per heavy atom. The van der Waals surface area contributed by atoms with E-state index >= 15 is 0 Å². The SMILES string of the molecule is CS(=O)(=O)CCc1nc(-c2ccncc2)nn1-c1cccc(F)c1. The van der Waals surface area contributed by atoms with Crippen molar-refractivity contribution in [2.75, 3.05) is 12.0 Å². The van der Waals surface area contributed by atoms with Gasteiger partial charge in [0.1, 0.15) is 21.5 Å². The van der Waals surface area contributed by atoms with Crippen LogP contribution in [0.3, 0.4) is 0 Å². The summed E-state index contributed by atoms with van der Waals surface area (Å²) in [6.07, 6.45) is 4.59. The van der Waals surface area contributed by atoms with Gasteiger partial charge in [0.05, 0.1) is 11.4 Å². The molecule has 0 unspecified atom stereocenters. The molecule has 0 saturated heterocycles. The predicted octanol–water partition coefficient (Wildman–Crippen LogP) is 2.06. The highest BCUT2D eigenvalue weighted by atomic mass is 32.2. The molecule has 2 heterocycles. The fourth-order valence-electron chi connectivity index (χ4n) is 2.22. The summed E-state index contributed by atoms with van der Waals surface area (Å²) in [4.78, 5) is 8.37. The van der Waals surface area contributed by atoms with Crippen LogP contribution in [0.4, 0.5) is 4.39 Å². The summed E-state index contributed by atoms with van der Waals surface area (Å²) < 4.78 is 37.9. The molecule has 8 heteroatoms. The second-order valence-electron chi connectivity index (χ2n) is 5.36. The second kappa shape index (κ2) is 6.48. The van der Waals surface area contributed by atoms with Gasteiger partial charge in [-0.05, 0) is 30.3 Å². The van der Waals surface area contributed by atoms with Gasteiger partial charge in [0.2, 0.25) is 0 Å². The quantitative estimate of drug-likeness (QED) is 0.707. The number of halogens is 1. The summed E-state index contributed by atoms with van der Waals surface area (Å²) >= 11 is 0. The van der Waals surface area contributed by atoms with Crippen LogP contribution in [-0.2, 0) is 16.3 Å². The van der Waals surface area contributed by atoms with Crippen molar-refractivity contribution in [1.29, 1.82) is 0 Å². The molecule has 6 nitrogen and oxygen atoms in total. The smallest absolute Gasteiger partial charge is 0.181 e. The van der Waals surface area contributed by atoms with Gasteiger partial charge in [0.15, 0.2) is 5.82 Å². The first-order valence-corrected chi connectivity index (χ1v) is 9.28. The highest BCUT2D eigenvalue weighted by Gasteiger charge is 2.15. The maximum atomic E-state index is 13.5. The van der Waals surface area contributed by atoms with Crippen LogP contribution >= 0.6 is 0 Å². The molecule has 0 aliphatic rings. The monoisotopic (exact) mass is 346 g/mol. The van der Waals surface area contributed by atoms with E-state index in [1.807, 2.05) is 0 Å². The number of nitrogens with zero attached hydrogens (tertiary/aromatic N) is 4. The lowest BCUT2D eigenvalue weighted by atomic mass is 10.2. The molecular formula is C16H15FN4O2S. The fraction of sp³-hybridized carbons (Fsp3) is 0.188. The highest BCUT2D eigenvalue weighted by molar-refractivity contribution is 7.90. The summed E-state index contributed by atoms with van der Waals surface area (Å²) in [7, 11) is -3.15. The van der Waals surface area contributed by atoms with Crippen LogP contribution in [-0.4, -0.2) is 40.2 Å². The first kappa shape index (κ1) is 16.3. The normalized spacial score (nSPS) is 11.6. The molecule has 0 fully saturated rings. The summed E-state index contributed by atoms with van der Waals surface area (Å²) in [5.41, 5.74) is 1.24. The number of sulfone groups is 1. The molecule has 3 rings (SSSR count). The summed E-state index contributed by atoms with van der Waals surface area (Å²) in [6, 6.07) is 9.43. The van der Waals surface area contributed by atoms with Crippen molar-refractivity contribution in [2.24, 2.45) is 0 Å². The third-order valence-electron chi connectivity index (χ3n) is 3.36. The zero-order valence-electron chi connectivity index (χ0n) is 12.9. The Bertz CT molecular complexity index is 955. The van der Waals surface area contributed by atoms with Crippen molar-refractivity contribution in [1.82, 2.24) is 19.7 Å². The number of pyridine rings is 1. The van der Waals surface area contributed by atoms with E-state index in [0.29, 0.717) is 17.3 Å². The van der Waals surface area contributed by atoms with Crippen LogP contribution < -0.4 is 0 Å². The van der Waals surface area contributed by atoms with Gasteiger partial charge in [0.25, 0.3) is 0 Å². The first-order chi connectivity index (χ1) is 11.4. The molecule has 0 spiro atoms. The van der Waals surface area contributed by atoms with Gasteiger partial charge in [-0.1, -0.05) is 6.07 Å². The van der Waals surface area contributed by atoms with Gasteiger partial charge in [-0.3, -0.25) is 4.98 Å². The molecule has 0 saturated carbocycles. The van der Waals surface area contributed by atoms with E-state index in [0.717, 1.165) is 5.56 Å². The molecule has 1 aromatic carbocycles. The lowest BCUT2D eigenvalue weighted by molar-refractivity contribution is 0.599. The Hall–Kier alpha value is -2.61. The minimum Gasteiger partial charge on any atom is -0.265 e. The summed E-state index contributed by atoms with van der Waals surface area (Å²) in [5.74, 6) is 0.432. The Balaban J connectivity index is 2.06. The van der Waals surface area contributed by atoms with Gasteiger partial charge >= 0.3 is 0 Å². The molecule has 0 aliphatic heterocycles. The van der Waals surface area contributed by atoms with Crippen molar-refractivity contribution in [3.63, 3.8) is 0 Å². The van der Waals surface area contributed by atoms with Crippen molar-refractivity contribution in [3.05, 3.63) is 60.4 Å². The second-order valence-corrected chi connectivity index (χ2v) is 7.62. The number of rotatable bonds is 5. The van der Waals surface area contributed by atoms with Crippen molar-refractivity contribution >= 4 is 9.84 Å². The lowest BCUT2D eigenvalue weighted by Gasteiger charge is -2.05. The van der Waals surface area contributed by atoms with Crippen molar-refractivity contribution in [2.45, 2.75) is 6.42 Å². The Morgan fingerprint density at radius 1 is 1.17 bits per heavy atom. The predicted molar refractivity (Wildman–Crippen MR) is 88.0 cm³/mol. The van der Waals surface area contributed by atoms with Gasteiger partial charge in [0, 0.05) is 30.6 Å². The molecule has 0 atom stereocenters. The average molecular weight is 346 g/mol. The topological polar surface area (TPSA) is 77.7 Å². The number of benzene rings is 1. The molecule has 2 aromatic heterocycles. The molecular weight excluding hydrogens is 331 g/mol.